The van der Waals surface area contributed by atoms with Crippen LogP contribution >= 0.6 is 0 Å². The van der Waals surface area contributed by atoms with Crippen LogP contribution in [0.2, 0.25) is 0 Å². The fourth-order valence-electron chi connectivity index (χ4n) is 3.23. The van der Waals surface area contributed by atoms with Gasteiger partial charge in [0.05, 0.1) is 0 Å². The second-order valence-corrected chi connectivity index (χ2v) is 5.80. The van der Waals surface area contributed by atoms with Gasteiger partial charge in [0.1, 0.15) is 0 Å². The summed E-state index contributed by atoms with van der Waals surface area (Å²) in [6.45, 7) is 5.90. The van der Waals surface area contributed by atoms with Crippen molar-refractivity contribution >= 4 is 0 Å². The first-order chi connectivity index (χ1) is 9.52. The van der Waals surface area contributed by atoms with Gasteiger partial charge in [-0.25, -0.2) is 0 Å². The summed E-state index contributed by atoms with van der Waals surface area (Å²) < 4.78 is 0. The highest BCUT2D eigenvalue weighted by atomic mass is 16.3. The molecule has 0 spiro atoms. The predicted molar refractivity (Wildman–Crippen MR) is 82.3 cm³/mol. The molecule has 0 fully saturated rings. The molecule has 1 unspecified atom stereocenters. The van der Waals surface area contributed by atoms with E-state index in [1.807, 2.05) is 30.3 Å². The molecule has 0 saturated heterocycles. The third-order valence-corrected chi connectivity index (χ3v) is 4.42. The molecule has 100 valence electrons. The molecule has 1 atom stereocenters. The first-order valence-corrected chi connectivity index (χ1v) is 6.88. The van der Waals surface area contributed by atoms with E-state index in [9.17, 15) is 5.11 Å². The fourth-order valence-corrected chi connectivity index (χ4v) is 3.23. The van der Waals surface area contributed by atoms with Crippen LogP contribution in [0.4, 0.5) is 0 Å². The van der Waals surface area contributed by atoms with Gasteiger partial charge in [-0.15, -0.1) is 5.92 Å². The van der Waals surface area contributed by atoms with E-state index >= 15 is 0 Å². The van der Waals surface area contributed by atoms with Crippen LogP contribution in [0, 0.1) is 11.8 Å². The van der Waals surface area contributed by atoms with Crippen molar-refractivity contribution in [2.75, 3.05) is 0 Å². The zero-order valence-corrected chi connectivity index (χ0v) is 12.1. The van der Waals surface area contributed by atoms with Crippen LogP contribution < -0.4 is 0 Å². The van der Waals surface area contributed by atoms with Crippen LogP contribution in [0.15, 0.2) is 48.5 Å². The maximum absolute atomic E-state index is 11.3. The second-order valence-electron chi connectivity index (χ2n) is 5.80. The van der Waals surface area contributed by atoms with Crippen molar-refractivity contribution in [2.45, 2.75) is 31.8 Å². The van der Waals surface area contributed by atoms with Gasteiger partial charge in [-0.3, -0.25) is 0 Å². The Bertz CT molecular complexity index is 731. The summed E-state index contributed by atoms with van der Waals surface area (Å²) in [4.78, 5) is 0. The predicted octanol–water partition coefficient (Wildman–Crippen LogP) is 3.86. The van der Waals surface area contributed by atoms with Crippen LogP contribution in [0.5, 0.6) is 0 Å². The molecule has 0 bridgehead atoms. The quantitative estimate of drug-likeness (QED) is 0.715. The van der Waals surface area contributed by atoms with Gasteiger partial charge >= 0.3 is 0 Å². The zero-order valence-electron chi connectivity index (χ0n) is 12.1. The number of aliphatic hydroxyl groups is 1. The number of benzene rings is 2. The highest BCUT2D eigenvalue weighted by Gasteiger charge is 2.50. The average Bonchev–Trinajstić information content (AvgIpc) is 2.46. The highest BCUT2D eigenvalue weighted by Crippen LogP contribution is 2.52. The Balaban J connectivity index is 2.45. The highest BCUT2D eigenvalue weighted by molar-refractivity contribution is 5.78. The van der Waals surface area contributed by atoms with Crippen molar-refractivity contribution in [2.24, 2.45) is 0 Å². The molecule has 2 aromatic carbocycles. The number of rotatable bonds is 0. The zero-order chi connectivity index (χ0) is 14.4. The maximum atomic E-state index is 11.3. The van der Waals surface area contributed by atoms with Gasteiger partial charge < -0.3 is 5.11 Å². The summed E-state index contributed by atoms with van der Waals surface area (Å²) in [5, 5.41) is 11.3. The van der Waals surface area contributed by atoms with E-state index in [0.29, 0.717) is 0 Å². The van der Waals surface area contributed by atoms with Crippen LogP contribution in [-0.2, 0) is 11.0 Å². The third kappa shape index (κ3) is 1.49. The van der Waals surface area contributed by atoms with Gasteiger partial charge in [-0.2, -0.15) is 0 Å². The lowest BCUT2D eigenvalue weighted by Crippen LogP contribution is -2.47. The molecule has 20 heavy (non-hydrogen) atoms. The summed E-state index contributed by atoms with van der Waals surface area (Å²) in [6.07, 6.45) is 0. The first-order valence-electron chi connectivity index (χ1n) is 6.88. The van der Waals surface area contributed by atoms with E-state index in [4.69, 9.17) is 0 Å². The standard InChI is InChI=1S/C19H18O/c1-4-13-19(20)17-12-8-6-10-15(17)14-9-5-7-11-16(14)18(19,2)3/h5-12,20H,1-3H3. The molecule has 1 N–H and O–H groups in total. The van der Waals surface area contributed by atoms with Crippen LogP contribution in [-0.4, -0.2) is 5.11 Å². The second kappa shape index (κ2) is 4.23. The lowest BCUT2D eigenvalue weighted by Gasteiger charge is -2.45. The SMILES string of the molecule is CC#CC1(O)c2ccccc2-c2ccccc2C1(C)C. The van der Waals surface area contributed by atoms with Gasteiger partial charge in [-0.1, -0.05) is 68.3 Å². The molecule has 1 heteroatoms. The summed E-state index contributed by atoms with van der Waals surface area (Å²) in [5.74, 6) is 5.96. The van der Waals surface area contributed by atoms with Crippen molar-refractivity contribution in [3.63, 3.8) is 0 Å². The molecule has 0 saturated carbocycles. The molecule has 2 aromatic rings. The number of fused-ring (bicyclic) bond motifs is 3. The Hall–Kier alpha value is -2.04. The third-order valence-electron chi connectivity index (χ3n) is 4.42. The minimum Gasteiger partial charge on any atom is -0.372 e. The van der Waals surface area contributed by atoms with Crippen molar-refractivity contribution in [1.29, 1.82) is 0 Å². The maximum Gasteiger partial charge on any atom is 0.160 e. The molecule has 0 aliphatic heterocycles. The summed E-state index contributed by atoms with van der Waals surface area (Å²) in [7, 11) is 0. The van der Waals surface area contributed by atoms with Crippen LogP contribution in [0.3, 0.4) is 0 Å². The van der Waals surface area contributed by atoms with E-state index < -0.39 is 11.0 Å². The first kappa shape index (κ1) is 13.0. The van der Waals surface area contributed by atoms with E-state index in [-0.39, 0.29) is 0 Å². The normalized spacial score (nSPS) is 22.2. The molecular formula is C19H18O. The minimum atomic E-state index is -1.16. The molecule has 1 aliphatic rings. The van der Waals surface area contributed by atoms with E-state index in [2.05, 4.69) is 43.9 Å². The van der Waals surface area contributed by atoms with Gasteiger partial charge in [-0.05, 0) is 23.6 Å². The average molecular weight is 262 g/mol. The molecule has 0 heterocycles. The molecule has 0 aromatic heterocycles. The topological polar surface area (TPSA) is 20.2 Å². The molecule has 1 nitrogen and oxygen atoms in total. The number of hydrogen-bond donors (Lipinski definition) is 1. The monoisotopic (exact) mass is 262 g/mol. The smallest absolute Gasteiger partial charge is 0.160 e. The molecule has 1 aliphatic carbocycles. The van der Waals surface area contributed by atoms with Gasteiger partial charge in [0.15, 0.2) is 5.60 Å². The van der Waals surface area contributed by atoms with Crippen molar-refractivity contribution in [3.05, 3.63) is 59.7 Å². The Labute approximate surface area is 120 Å². The lowest BCUT2D eigenvalue weighted by molar-refractivity contribution is 0.0245. The summed E-state index contributed by atoms with van der Waals surface area (Å²) >= 11 is 0. The Kier molecular flexibility index (Phi) is 2.74. The molecular weight excluding hydrogens is 244 g/mol. The van der Waals surface area contributed by atoms with Gasteiger partial charge in [0.25, 0.3) is 0 Å². The Morgan fingerprint density at radius 3 is 1.95 bits per heavy atom. The molecule has 3 rings (SSSR count). The lowest BCUT2D eigenvalue weighted by atomic mass is 9.60. The van der Waals surface area contributed by atoms with Crippen molar-refractivity contribution in [1.82, 2.24) is 0 Å². The van der Waals surface area contributed by atoms with Crippen molar-refractivity contribution < 1.29 is 5.11 Å². The molecule has 0 amide bonds. The summed E-state index contributed by atoms with van der Waals surface area (Å²) in [6, 6.07) is 16.3. The van der Waals surface area contributed by atoms with Crippen molar-refractivity contribution in [3.8, 4) is 23.0 Å². The van der Waals surface area contributed by atoms with E-state index in [0.717, 1.165) is 16.7 Å². The fraction of sp³-hybridized carbons (Fsp3) is 0.263. The minimum absolute atomic E-state index is 0.457. The molecule has 0 radical (unpaired) electrons. The Morgan fingerprint density at radius 1 is 0.850 bits per heavy atom. The Morgan fingerprint density at radius 2 is 1.35 bits per heavy atom. The largest absolute Gasteiger partial charge is 0.372 e. The van der Waals surface area contributed by atoms with Crippen LogP contribution in [0.25, 0.3) is 11.1 Å². The van der Waals surface area contributed by atoms with E-state index in [1.54, 1.807) is 6.92 Å². The summed E-state index contributed by atoms with van der Waals surface area (Å²) in [5.41, 5.74) is 2.69. The number of hydrogen-bond acceptors (Lipinski definition) is 1. The van der Waals surface area contributed by atoms with Crippen LogP contribution in [0.1, 0.15) is 31.9 Å². The van der Waals surface area contributed by atoms with Gasteiger partial charge in [0, 0.05) is 11.0 Å². The van der Waals surface area contributed by atoms with Gasteiger partial charge in [0.2, 0.25) is 0 Å². The van der Waals surface area contributed by atoms with E-state index in [1.165, 1.54) is 5.56 Å².